The number of hydrogen-bond donors (Lipinski definition) is 2. The Balaban J connectivity index is 1.53. The fourth-order valence-corrected chi connectivity index (χ4v) is 5.42. The largest absolute Gasteiger partial charge is 0.480 e. The number of carbonyl (C=O) groups is 2. The highest BCUT2D eigenvalue weighted by Crippen LogP contribution is 2.33. The number of aliphatic carboxylic acids is 1. The average molecular weight is 499 g/mol. The van der Waals surface area contributed by atoms with Crippen molar-refractivity contribution >= 4 is 22.0 Å². The summed E-state index contributed by atoms with van der Waals surface area (Å²) in [7, 11) is -2.69. The molecule has 1 aromatic heterocycles. The molecule has 1 unspecified atom stereocenters. The van der Waals surface area contributed by atoms with Crippen molar-refractivity contribution in [3.8, 4) is 0 Å². The topological polar surface area (TPSA) is 140 Å². The number of carbonyl (C=O) groups excluding carboxylic acids is 1. The molecular weight excluding hydrogens is 472 g/mol. The quantitative estimate of drug-likeness (QED) is 0.451. The van der Waals surface area contributed by atoms with Crippen LogP contribution in [0.4, 0.5) is 0 Å². The van der Waals surface area contributed by atoms with Crippen molar-refractivity contribution in [2.24, 2.45) is 0 Å². The Bertz CT molecular complexity index is 1350. The molecule has 2 atom stereocenters. The van der Waals surface area contributed by atoms with Gasteiger partial charge in [-0.1, -0.05) is 29.0 Å². The predicted octanol–water partition coefficient (Wildman–Crippen LogP) is 2.27. The van der Waals surface area contributed by atoms with Crippen molar-refractivity contribution in [3.05, 3.63) is 76.6 Å². The third-order valence-corrected chi connectivity index (χ3v) is 7.55. The number of ether oxygens (including phenoxy) is 1. The number of sulfonamides is 1. The van der Waals surface area contributed by atoms with Gasteiger partial charge in [-0.25, -0.2) is 17.9 Å². The summed E-state index contributed by atoms with van der Waals surface area (Å²) >= 11 is 0. The Labute approximate surface area is 203 Å². The first-order valence-corrected chi connectivity index (χ1v) is 12.6. The molecule has 35 heavy (non-hydrogen) atoms. The van der Waals surface area contributed by atoms with E-state index in [1.807, 2.05) is 19.1 Å². The maximum Gasteiger partial charge on any atom is 0.337 e. The Morgan fingerprint density at radius 3 is 2.66 bits per heavy atom. The molecule has 0 aliphatic heterocycles. The first-order chi connectivity index (χ1) is 16.7. The minimum atomic E-state index is -4.03. The molecule has 1 heterocycles. The van der Waals surface area contributed by atoms with Gasteiger partial charge in [-0.3, -0.25) is 4.79 Å². The molecular formula is C24H26N4O6S. The SMILES string of the molecule is COC(=O)c1ccc2c(c1)CCC[C@H]2n1cc(CC(NS(=O)(=O)c2ccc(C)cc2)C(=O)O)nn1. The number of aryl methyl sites for hydroxylation is 2. The van der Waals surface area contributed by atoms with Gasteiger partial charge >= 0.3 is 11.9 Å². The second-order valence-corrected chi connectivity index (χ2v) is 10.2. The molecule has 11 heteroatoms. The van der Waals surface area contributed by atoms with Crippen molar-refractivity contribution in [2.75, 3.05) is 7.11 Å². The summed E-state index contributed by atoms with van der Waals surface area (Å²) in [4.78, 5) is 23.7. The number of esters is 1. The van der Waals surface area contributed by atoms with Crippen LogP contribution in [0.25, 0.3) is 0 Å². The summed E-state index contributed by atoms with van der Waals surface area (Å²) < 4.78 is 34.1. The van der Waals surface area contributed by atoms with Crippen LogP contribution in [0.3, 0.4) is 0 Å². The Kier molecular flexibility index (Phi) is 6.99. The van der Waals surface area contributed by atoms with E-state index < -0.39 is 28.0 Å². The number of aromatic nitrogens is 3. The first-order valence-electron chi connectivity index (χ1n) is 11.1. The zero-order valence-corrected chi connectivity index (χ0v) is 20.2. The summed E-state index contributed by atoms with van der Waals surface area (Å²) in [5.74, 6) is -1.71. The third kappa shape index (κ3) is 5.41. The van der Waals surface area contributed by atoms with E-state index in [9.17, 15) is 23.1 Å². The number of carboxylic acid groups (broad SMARTS) is 1. The molecule has 0 saturated heterocycles. The molecule has 184 valence electrons. The zero-order valence-electron chi connectivity index (χ0n) is 19.3. The van der Waals surface area contributed by atoms with Crippen LogP contribution in [-0.2, 0) is 32.4 Å². The summed E-state index contributed by atoms with van der Waals surface area (Å²) in [6.07, 6.45) is 3.98. The summed E-state index contributed by atoms with van der Waals surface area (Å²) in [6, 6.07) is 10.0. The molecule has 0 saturated carbocycles. The van der Waals surface area contributed by atoms with Crippen LogP contribution in [0.5, 0.6) is 0 Å². The van der Waals surface area contributed by atoms with Gasteiger partial charge in [0.1, 0.15) is 6.04 Å². The highest BCUT2D eigenvalue weighted by atomic mass is 32.2. The molecule has 0 spiro atoms. The minimum Gasteiger partial charge on any atom is -0.480 e. The van der Waals surface area contributed by atoms with Crippen molar-refractivity contribution in [3.63, 3.8) is 0 Å². The van der Waals surface area contributed by atoms with E-state index in [4.69, 9.17) is 4.74 Å². The molecule has 3 aromatic rings. The lowest BCUT2D eigenvalue weighted by atomic mass is 9.86. The minimum absolute atomic E-state index is 0.0110. The molecule has 2 N–H and O–H groups in total. The molecule has 1 aliphatic carbocycles. The van der Waals surface area contributed by atoms with Crippen LogP contribution < -0.4 is 4.72 Å². The number of nitrogens with one attached hydrogen (secondary N) is 1. The highest BCUT2D eigenvalue weighted by molar-refractivity contribution is 7.89. The van der Waals surface area contributed by atoms with Crippen LogP contribution in [0.1, 0.15) is 51.6 Å². The fraction of sp³-hybridized carbons (Fsp3) is 0.333. The summed E-state index contributed by atoms with van der Waals surface area (Å²) in [5.41, 5.74) is 3.76. The monoisotopic (exact) mass is 498 g/mol. The highest BCUT2D eigenvalue weighted by Gasteiger charge is 2.28. The van der Waals surface area contributed by atoms with Gasteiger partial charge in [0.2, 0.25) is 10.0 Å². The van der Waals surface area contributed by atoms with Gasteiger partial charge in [0.15, 0.2) is 0 Å². The third-order valence-electron chi connectivity index (χ3n) is 6.06. The predicted molar refractivity (Wildman–Crippen MR) is 126 cm³/mol. The van der Waals surface area contributed by atoms with E-state index in [-0.39, 0.29) is 17.4 Å². The number of fused-ring (bicyclic) bond motifs is 1. The van der Waals surface area contributed by atoms with Crippen LogP contribution >= 0.6 is 0 Å². The number of hydrogen-bond acceptors (Lipinski definition) is 7. The van der Waals surface area contributed by atoms with Crippen molar-refractivity contribution < 1.29 is 27.9 Å². The van der Waals surface area contributed by atoms with Gasteiger partial charge in [0.05, 0.1) is 29.3 Å². The van der Waals surface area contributed by atoms with Gasteiger partial charge in [-0.15, -0.1) is 5.10 Å². The standard InChI is InChI=1S/C24H26N4O6S/c1-15-6-9-19(10-7-15)35(32,33)26-21(23(29)30)13-18-14-28(27-25-18)22-5-3-4-16-12-17(24(31)34-2)8-11-20(16)22/h6-12,14,21-22,26H,3-5,13H2,1-2H3,(H,29,30)/t21?,22-/m1/s1. The molecule has 0 amide bonds. The van der Waals surface area contributed by atoms with Gasteiger partial charge in [-0.05, 0) is 61.6 Å². The first kappa shape index (κ1) is 24.6. The Hall–Kier alpha value is -3.57. The number of nitrogens with zero attached hydrogens (tertiary/aromatic N) is 3. The fourth-order valence-electron chi connectivity index (χ4n) is 4.23. The van der Waals surface area contributed by atoms with Crippen LogP contribution in [-0.4, -0.2) is 53.6 Å². The zero-order chi connectivity index (χ0) is 25.2. The van der Waals surface area contributed by atoms with E-state index >= 15 is 0 Å². The van der Waals surface area contributed by atoms with Crippen molar-refractivity contribution in [1.82, 2.24) is 19.7 Å². The molecule has 4 rings (SSSR count). The van der Waals surface area contributed by atoms with Gasteiger partial charge < -0.3 is 9.84 Å². The molecule has 0 bridgehead atoms. The molecule has 2 aromatic carbocycles. The van der Waals surface area contributed by atoms with E-state index in [0.717, 1.165) is 36.0 Å². The van der Waals surface area contributed by atoms with Crippen LogP contribution in [0, 0.1) is 6.92 Å². The van der Waals surface area contributed by atoms with Crippen molar-refractivity contribution in [1.29, 1.82) is 0 Å². The van der Waals surface area contributed by atoms with E-state index in [0.29, 0.717) is 11.3 Å². The van der Waals surface area contributed by atoms with Gasteiger partial charge in [-0.2, -0.15) is 4.72 Å². The second kappa shape index (κ2) is 9.96. The Morgan fingerprint density at radius 2 is 1.97 bits per heavy atom. The second-order valence-electron chi connectivity index (χ2n) is 8.53. The van der Waals surface area contributed by atoms with E-state index in [1.165, 1.54) is 19.2 Å². The smallest absolute Gasteiger partial charge is 0.337 e. The number of rotatable bonds is 8. The molecule has 0 fully saturated rings. The van der Waals surface area contributed by atoms with E-state index in [2.05, 4.69) is 15.0 Å². The normalized spacial score (nSPS) is 16.3. The lowest BCUT2D eigenvalue weighted by molar-refractivity contribution is -0.138. The average Bonchev–Trinajstić information content (AvgIpc) is 3.30. The van der Waals surface area contributed by atoms with Crippen molar-refractivity contribution in [2.45, 2.75) is 49.6 Å². The molecule has 10 nitrogen and oxygen atoms in total. The number of methoxy groups -OCH3 is 1. The Morgan fingerprint density at radius 1 is 1.23 bits per heavy atom. The molecule has 1 aliphatic rings. The van der Waals surface area contributed by atoms with Crippen LogP contribution in [0.2, 0.25) is 0 Å². The maximum absolute atomic E-state index is 12.7. The number of benzene rings is 2. The van der Waals surface area contributed by atoms with Gasteiger partial charge in [0.25, 0.3) is 0 Å². The maximum atomic E-state index is 12.7. The summed E-state index contributed by atoms with van der Waals surface area (Å²) in [5, 5.41) is 17.9. The lowest BCUT2D eigenvalue weighted by Gasteiger charge is -2.25. The lowest BCUT2D eigenvalue weighted by Crippen LogP contribution is -2.42. The number of carboxylic acids is 1. The summed E-state index contributed by atoms with van der Waals surface area (Å²) in [6.45, 7) is 1.83. The van der Waals surface area contributed by atoms with E-state index in [1.54, 1.807) is 29.1 Å². The van der Waals surface area contributed by atoms with Gasteiger partial charge in [0, 0.05) is 12.6 Å². The molecule has 0 radical (unpaired) electrons. The van der Waals surface area contributed by atoms with Crippen LogP contribution in [0.15, 0.2) is 53.6 Å².